The van der Waals surface area contributed by atoms with Gasteiger partial charge < -0.3 is 0 Å². The maximum Gasteiger partial charge on any atom is 0.268 e. The van der Waals surface area contributed by atoms with Crippen molar-refractivity contribution in [3.63, 3.8) is 0 Å². The second kappa shape index (κ2) is 2.67. The van der Waals surface area contributed by atoms with Gasteiger partial charge in [0.1, 0.15) is 5.82 Å². The van der Waals surface area contributed by atoms with E-state index in [-0.39, 0.29) is 11.4 Å². The lowest BCUT2D eigenvalue weighted by Gasteiger charge is -1.94. The number of hydrogen-bond donors (Lipinski definition) is 0. The molecule has 1 heterocycles. The van der Waals surface area contributed by atoms with Gasteiger partial charge in [0.2, 0.25) is 0 Å². The van der Waals surface area contributed by atoms with E-state index in [2.05, 4.69) is 0 Å². The van der Waals surface area contributed by atoms with E-state index < -0.39 is 0 Å². The van der Waals surface area contributed by atoms with Gasteiger partial charge in [-0.15, -0.1) is 0 Å². The van der Waals surface area contributed by atoms with E-state index >= 15 is 0 Å². The summed E-state index contributed by atoms with van der Waals surface area (Å²) in [7, 11) is 1.68. The zero-order valence-corrected chi connectivity index (χ0v) is 8.11. The Kier molecular flexibility index (Phi) is 1.73. The number of halogens is 1. The molecule has 0 saturated heterocycles. The monoisotopic (exact) mass is 197 g/mol. The smallest absolute Gasteiger partial charge is 0.268 e. The molecule has 0 aliphatic rings. The lowest BCUT2D eigenvalue weighted by molar-refractivity contribution is 0.621. The lowest BCUT2D eigenvalue weighted by atomic mass is 10.2. The molecule has 0 aliphatic heterocycles. The number of rotatable bonds is 0. The molecule has 0 saturated carbocycles. The summed E-state index contributed by atoms with van der Waals surface area (Å²) >= 11 is 1.28. The Morgan fingerprint density at radius 3 is 2.85 bits per heavy atom. The number of aromatic nitrogens is 1. The third-order valence-electron chi connectivity index (χ3n) is 2.08. The molecule has 0 atom stereocenters. The summed E-state index contributed by atoms with van der Waals surface area (Å²) in [5, 5.41) is 0.603. The summed E-state index contributed by atoms with van der Waals surface area (Å²) in [6.07, 6.45) is 0. The first-order chi connectivity index (χ1) is 6.11. The van der Waals surface area contributed by atoms with Crippen LogP contribution < -0.4 is 5.56 Å². The van der Waals surface area contributed by atoms with Gasteiger partial charge in [-0.25, -0.2) is 4.39 Å². The Balaban J connectivity index is 3.03. The zero-order chi connectivity index (χ0) is 9.59. The minimum atomic E-state index is -0.255. The first-order valence-corrected chi connectivity index (χ1v) is 4.63. The highest BCUT2D eigenvalue weighted by atomic mass is 32.1. The molecule has 0 radical (unpaired) electrons. The first kappa shape index (κ1) is 8.44. The molecule has 0 spiro atoms. The number of hydrogen-bond acceptors (Lipinski definition) is 2. The molecule has 2 nitrogen and oxygen atoms in total. The first-order valence-electron chi connectivity index (χ1n) is 3.86. The van der Waals surface area contributed by atoms with Crippen molar-refractivity contribution in [2.75, 3.05) is 0 Å². The fraction of sp³-hybridized carbons (Fsp3) is 0.222. The molecule has 0 amide bonds. The Bertz CT molecular complexity index is 526. The van der Waals surface area contributed by atoms with Crippen LogP contribution in [-0.4, -0.2) is 3.96 Å². The highest BCUT2D eigenvalue weighted by Gasteiger charge is 2.09. The third kappa shape index (κ3) is 1.09. The minimum Gasteiger partial charge on any atom is -0.268 e. The quantitative estimate of drug-likeness (QED) is 0.633. The second-order valence-corrected chi connectivity index (χ2v) is 4.08. The van der Waals surface area contributed by atoms with Gasteiger partial charge in [0.05, 0.1) is 10.1 Å². The predicted octanol–water partition coefficient (Wildman–Crippen LogP) is 2.05. The molecule has 1 aromatic heterocycles. The number of aryl methyl sites for hydroxylation is 2. The van der Waals surface area contributed by atoms with E-state index in [4.69, 9.17) is 0 Å². The van der Waals surface area contributed by atoms with Crippen LogP contribution >= 0.6 is 11.5 Å². The van der Waals surface area contributed by atoms with Gasteiger partial charge in [-0.2, -0.15) is 0 Å². The highest BCUT2D eigenvalue weighted by molar-refractivity contribution is 7.14. The normalized spacial score (nSPS) is 11.0. The highest BCUT2D eigenvalue weighted by Crippen LogP contribution is 2.22. The SMILES string of the molecule is Cc1c(F)ccc2c(=O)n(C)sc12. The van der Waals surface area contributed by atoms with Gasteiger partial charge >= 0.3 is 0 Å². The van der Waals surface area contributed by atoms with Crippen molar-refractivity contribution in [3.05, 3.63) is 33.9 Å². The molecule has 13 heavy (non-hydrogen) atoms. The summed E-state index contributed by atoms with van der Waals surface area (Å²) in [5.74, 6) is -0.255. The van der Waals surface area contributed by atoms with E-state index in [0.29, 0.717) is 10.9 Å². The molecule has 2 aromatic rings. The average molecular weight is 197 g/mol. The Labute approximate surface area is 78.4 Å². The molecule has 1 aromatic carbocycles. The summed E-state index contributed by atoms with van der Waals surface area (Å²) in [4.78, 5) is 11.4. The fourth-order valence-corrected chi connectivity index (χ4v) is 2.24. The van der Waals surface area contributed by atoms with Crippen molar-refractivity contribution >= 4 is 21.6 Å². The Morgan fingerprint density at radius 1 is 1.46 bits per heavy atom. The van der Waals surface area contributed by atoms with Crippen LogP contribution in [0, 0.1) is 12.7 Å². The zero-order valence-electron chi connectivity index (χ0n) is 7.30. The van der Waals surface area contributed by atoms with Gasteiger partial charge in [0, 0.05) is 12.6 Å². The van der Waals surface area contributed by atoms with E-state index in [1.807, 2.05) is 0 Å². The van der Waals surface area contributed by atoms with Crippen LogP contribution in [-0.2, 0) is 7.05 Å². The number of benzene rings is 1. The molecule has 68 valence electrons. The molecule has 0 fully saturated rings. The van der Waals surface area contributed by atoms with E-state index in [9.17, 15) is 9.18 Å². The number of nitrogens with zero attached hydrogens (tertiary/aromatic N) is 1. The summed E-state index contributed by atoms with van der Waals surface area (Å²) in [5.41, 5.74) is 0.503. The van der Waals surface area contributed by atoms with Crippen molar-refractivity contribution in [2.24, 2.45) is 7.05 Å². The fourth-order valence-electron chi connectivity index (χ4n) is 1.30. The Hall–Kier alpha value is -1.16. The molecular formula is C9H8FNOS. The number of fused-ring (bicyclic) bond motifs is 1. The van der Waals surface area contributed by atoms with Crippen LogP contribution in [0.2, 0.25) is 0 Å². The van der Waals surface area contributed by atoms with Crippen molar-refractivity contribution in [1.29, 1.82) is 0 Å². The maximum absolute atomic E-state index is 13.1. The van der Waals surface area contributed by atoms with Gasteiger partial charge in [0.15, 0.2) is 0 Å². The molecule has 0 aliphatic carbocycles. The van der Waals surface area contributed by atoms with Crippen LogP contribution in [0.4, 0.5) is 4.39 Å². The summed E-state index contributed by atoms with van der Waals surface area (Å²) in [6.45, 7) is 1.69. The standard InChI is InChI=1S/C9H8FNOS/c1-5-7(10)4-3-6-8(5)13-11(2)9(6)12/h3-4H,1-2H3. The Morgan fingerprint density at radius 2 is 2.15 bits per heavy atom. The van der Waals surface area contributed by atoms with Crippen LogP contribution in [0.1, 0.15) is 5.56 Å². The largest absolute Gasteiger partial charge is 0.268 e. The van der Waals surface area contributed by atoms with E-state index in [1.54, 1.807) is 14.0 Å². The van der Waals surface area contributed by atoms with Gasteiger partial charge in [0.25, 0.3) is 5.56 Å². The van der Waals surface area contributed by atoms with Gasteiger partial charge in [-0.05, 0) is 19.1 Å². The van der Waals surface area contributed by atoms with Crippen molar-refractivity contribution < 1.29 is 4.39 Å². The summed E-state index contributed by atoms with van der Waals surface area (Å²) < 4.78 is 15.3. The van der Waals surface area contributed by atoms with E-state index in [0.717, 1.165) is 4.70 Å². The molecule has 4 heteroatoms. The van der Waals surface area contributed by atoms with Crippen LogP contribution in [0.15, 0.2) is 16.9 Å². The maximum atomic E-state index is 13.1. The molecule has 0 bridgehead atoms. The lowest BCUT2D eigenvalue weighted by Crippen LogP contribution is -2.07. The molecule has 0 unspecified atom stereocenters. The minimum absolute atomic E-state index is 0.0527. The second-order valence-electron chi connectivity index (χ2n) is 2.94. The van der Waals surface area contributed by atoms with Crippen molar-refractivity contribution in [1.82, 2.24) is 3.96 Å². The third-order valence-corrected chi connectivity index (χ3v) is 3.23. The van der Waals surface area contributed by atoms with Crippen molar-refractivity contribution in [2.45, 2.75) is 6.92 Å². The van der Waals surface area contributed by atoms with Crippen molar-refractivity contribution in [3.8, 4) is 0 Å². The summed E-state index contributed by atoms with van der Waals surface area (Å²) in [6, 6.07) is 2.88. The van der Waals surface area contributed by atoms with Gasteiger partial charge in [-0.1, -0.05) is 11.5 Å². The van der Waals surface area contributed by atoms with Crippen LogP contribution in [0.3, 0.4) is 0 Å². The topological polar surface area (TPSA) is 22.0 Å². The van der Waals surface area contributed by atoms with Gasteiger partial charge in [-0.3, -0.25) is 8.75 Å². The van der Waals surface area contributed by atoms with Crippen LogP contribution in [0.25, 0.3) is 10.1 Å². The molecule has 0 N–H and O–H groups in total. The predicted molar refractivity (Wildman–Crippen MR) is 51.8 cm³/mol. The van der Waals surface area contributed by atoms with E-state index in [1.165, 1.54) is 27.6 Å². The van der Waals surface area contributed by atoms with Crippen LogP contribution in [0.5, 0.6) is 0 Å². The average Bonchev–Trinajstić information content (AvgIpc) is 2.38. The molecular weight excluding hydrogens is 189 g/mol. The molecule has 2 rings (SSSR count).